The molecule has 47 heavy (non-hydrogen) atoms. The number of quaternary nitrogens is 2. The number of aliphatic carboxylic acids is 4. The van der Waals surface area contributed by atoms with Crippen molar-refractivity contribution in [1.29, 1.82) is 0 Å². The summed E-state index contributed by atoms with van der Waals surface area (Å²) >= 11 is 0. The Hall–Kier alpha value is -1.54. The van der Waals surface area contributed by atoms with E-state index in [0.29, 0.717) is 13.1 Å². The van der Waals surface area contributed by atoms with Crippen LogP contribution in [-0.2, 0) is 19.2 Å². The molecule has 6 unspecified atom stereocenters. The van der Waals surface area contributed by atoms with E-state index in [-0.39, 0.29) is 86.3 Å². The normalized spacial score (nSPS) is 16.5. The van der Waals surface area contributed by atoms with Crippen LogP contribution in [-0.4, -0.2) is 144 Å². The molecule has 0 aromatic heterocycles. The van der Waals surface area contributed by atoms with Gasteiger partial charge in [-0.1, -0.05) is 52.0 Å². The van der Waals surface area contributed by atoms with E-state index in [1.165, 1.54) is 13.8 Å². The monoisotopic (exact) mass is 698 g/mol. The molecule has 12 nitrogen and oxygen atoms in total. The van der Waals surface area contributed by atoms with E-state index in [0.717, 1.165) is 51.4 Å². The third-order valence-corrected chi connectivity index (χ3v) is 8.20. The molecule has 0 aromatic carbocycles. The maximum Gasteiger partial charge on any atom is 2.00 e. The molecule has 0 radical (unpaired) electrons. The Labute approximate surface area is 312 Å². The smallest absolute Gasteiger partial charge is 0.550 e. The van der Waals surface area contributed by atoms with Crippen molar-refractivity contribution in [2.75, 3.05) is 52.7 Å². The minimum absolute atomic E-state index is 0. The maximum atomic E-state index is 11.1. The molecule has 0 amide bonds. The van der Waals surface area contributed by atoms with Gasteiger partial charge in [0.15, 0.2) is 13.5 Å². The average Bonchev–Trinajstić information content (AvgIpc) is 3.00. The Morgan fingerprint density at radius 1 is 0.574 bits per heavy atom. The number of carbonyl (C=O) groups is 4. The van der Waals surface area contributed by atoms with Crippen LogP contribution in [0, 0.1) is 23.7 Å². The third kappa shape index (κ3) is 23.5. The number of unbranched alkanes of at least 4 members (excludes halogenated alkanes) is 4. The standard InChI is InChI=1S/2C17H31NO5.Ca/c2*1-4-5-6-7-8-9-10-18(13-19,11-14(2)16(20)21)12-15(3)17(22)23;/h2*5-6,14-15,19H,4,7-13H2,1-3H3,(H-,20,21,22,23);/q;;+2/b2*6-5+;. The van der Waals surface area contributed by atoms with Crippen molar-refractivity contribution in [3.63, 3.8) is 0 Å². The second-order valence-corrected chi connectivity index (χ2v) is 12.8. The van der Waals surface area contributed by atoms with Crippen LogP contribution in [0.5, 0.6) is 0 Å². The van der Waals surface area contributed by atoms with Gasteiger partial charge in [-0.15, -0.1) is 0 Å². The molecular weight excluding hydrogens is 636 g/mol. The number of carbonyl (C=O) groups excluding carboxylic acids is 2. The van der Waals surface area contributed by atoms with E-state index >= 15 is 0 Å². The number of aliphatic hydroxyl groups is 2. The summed E-state index contributed by atoms with van der Waals surface area (Å²) in [5, 5.41) is 60.0. The largest absolute Gasteiger partial charge is 2.00 e. The zero-order valence-corrected chi connectivity index (χ0v) is 32.0. The second-order valence-electron chi connectivity index (χ2n) is 12.8. The number of hydrogen-bond acceptors (Lipinski definition) is 8. The van der Waals surface area contributed by atoms with Crippen molar-refractivity contribution in [3.8, 4) is 0 Å². The van der Waals surface area contributed by atoms with Crippen molar-refractivity contribution in [2.45, 2.75) is 92.9 Å². The Morgan fingerprint density at radius 3 is 1.11 bits per heavy atom. The van der Waals surface area contributed by atoms with Gasteiger partial charge in [0.1, 0.15) is 11.8 Å². The van der Waals surface area contributed by atoms with Gasteiger partial charge in [0, 0.05) is 23.8 Å². The van der Waals surface area contributed by atoms with Crippen LogP contribution in [0.15, 0.2) is 24.3 Å². The molecule has 0 aliphatic carbocycles. The van der Waals surface area contributed by atoms with Gasteiger partial charge in [-0.3, -0.25) is 18.6 Å². The number of allylic oxidation sites excluding steroid dienone is 4. The first-order valence-corrected chi connectivity index (χ1v) is 16.6. The van der Waals surface area contributed by atoms with Gasteiger partial charge in [-0.25, -0.2) is 0 Å². The van der Waals surface area contributed by atoms with Crippen LogP contribution < -0.4 is 10.2 Å². The summed E-state index contributed by atoms with van der Waals surface area (Å²) in [6, 6.07) is 0. The van der Waals surface area contributed by atoms with E-state index < -0.39 is 47.5 Å². The molecule has 4 N–H and O–H groups in total. The number of carboxylic acid groups (broad SMARTS) is 4. The number of hydrogen-bond donors (Lipinski definition) is 4. The van der Waals surface area contributed by atoms with Crippen molar-refractivity contribution in [3.05, 3.63) is 24.3 Å². The molecule has 0 saturated heterocycles. The summed E-state index contributed by atoms with van der Waals surface area (Å²) in [7, 11) is 0. The van der Waals surface area contributed by atoms with E-state index in [1.54, 1.807) is 13.8 Å². The molecule has 0 fully saturated rings. The molecule has 0 bridgehead atoms. The van der Waals surface area contributed by atoms with Gasteiger partial charge in [-0.2, -0.15) is 0 Å². The second kappa shape index (κ2) is 28.3. The SMILES string of the molecule is CC/C=C/CCCC[N+](CO)(CC(C)C(=O)[O-])CC(C)C(=O)O.CC/C=C/CCCC[N+](CO)(CC(C)C(=O)[O-])CC(C)C(=O)O.[Ca+2]. The third-order valence-electron chi connectivity index (χ3n) is 8.20. The van der Waals surface area contributed by atoms with Crippen LogP contribution in [0.1, 0.15) is 92.9 Å². The minimum Gasteiger partial charge on any atom is -0.550 e. The fraction of sp³-hybridized carbons (Fsp3) is 0.765. The van der Waals surface area contributed by atoms with E-state index in [1.807, 2.05) is 0 Å². The van der Waals surface area contributed by atoms with Crippen molar-refractivity contribution in [2.24, 2.45) is 23.7 Å². The Bertz CT molecular complexity index is 826. The van der Waals surface area contributed by atoms with Crippen LogP contribution in [0.25, 0.3) is 0 Å². The minimum atomic E-state index is -1.17. The molecule has 13 heteroatoms. The van der Waals surface area contributed by atoms with E-state index in [2.05, 4.69) is 38.2 Å². The first-order valence-electron chi connectivity index (χ1n) is 16.6. The number of rotatable bonds is 26. The van der Waals surface area contributed by atoms with Crippen molar-refractivity contribution < 1.29 is 58.8 Å². The first-order chi connectivity index (χ1) is 21.6. The fourth-order valence-electron chi connectivity index (χ4n) is 5.50. The van der Waals surface area contributed by atoms with Gasteiger partial charge in [-0.05, 0) is 65.2 Å². The molecule has 0 rings (SSSR count). The average molecular weight is 699 g/mol. The Kier molecular flexibility index (Phi) is 30.0. The predicted octanol–water partition coefficient (Wildman–Crippen LogP) is 1.61. The molecular formula is C34H62CaN2O10+2. The van der Waals surface area contributed by atoms with Crippen molar-refractivity contribution >= 4 is 61.6 Å². The van der Waals surface area contributed by atoms with E-state index in [9.17, 15) is 39.6 Å². The number of aliphatic hydroxyl groups excluding tert-OH is 2. The zero-order chi connectivity index (χ0) is 35.8. The molecule has 0 heterocycles. The van der Waals surface area contributed by atoms with Crippen LogP contribution in [0.2, 0.25) is 0 Å². The molecule has 6 atom stereocenters. The molecule has 268 valence electrons. The summed E-state index contributed by atoms with van der Waals surface area (Å²) in [4.78, 5) is 44.3. The maximum absolute atomic E-state index is 11.1. The summed E-state index contributed by atoms with van der Waals surface area (Å²) in [6.07, 6.45) is 15.7. The molecule has 0 aromatic rings. The quantitative estimate of drug-likeness (QED) is 0.0339. The summed E-state index contributed by atoms with van der Waals surface area (Å²) < 4.78 is 0.167. The molecule has 0 saturated carbocycles. The van der Waals surface area contributed by atoms with Crippen molar-refractivity contribution in [1.82, 2.24) is 0 Å². The zero-order valence-electron chi connectivity index (χ0n) is 29.8. The predicted molar refractivity (Wildman–Crippen MR) is 178 cm³/mol. The molecule has 0 spiro atoms. The number of nitrogens with zero attached hydrogens (tertiary/aromatic N) is 2. The summed E-state index contributed by atoms with van der Waals surface area (Å²) in [5.74, 6) is -6.97. The summed E-state index contributed by atoms with van der Waals surface area (Å²) in [5.41, 5.74) is 0. The van der Waals surface area contributed by atoms with Gasteiger partial charge >= 0.3 is 49.7 Å². The van der Waals surface area contributed by atoms with Crippen LogP contribution in [0.4, 0.5) is 0 Å². The van der Waals surface area contributed by atoms with E-state index in [4.69, 9.17) is 10.2 Å². The first kappa shape index (κ1) is 49.8. The Morgan fingerprint density at radius 2 is 0.872 bits per heavy atom. The van der Waals surface area contributed by atoms with Gasteiger partial charge in [0.05, 0.1) is 39.3 Å². The molecule has 0 aliphatic heterocycles. The Balaban J connectivity index is -0.000000807. The van der Waals surface area contributed by atoms with Gasteiger partial charge < -0.3 is 40.2 Å². The fourth-order valence-corrected chi connectivity index (χ4v) is 5.50. The van der Waals surface area contributed by atoms with Gasteiger partial charge in [0.2, 0.25) is 0 Å². The molecule has 0 aliphatic rings. The topological polar surface area (TPSA) is 195 Å². The van der Waals surface area contributed by atoms with Crippen LogP contribution in [0.3, 0.4) is 0 Å². The number of carboxylic acids is 4. The summed E-state index contributed by atoms with van der Waals surface area (Å²) in [6.45, 7) is 11.8. The van der Waals surface area contributed by atoms with Crippen LogP contribution >= 0.6 is 0 Å². The van der Waals surface area contributed by atoms with Gasteiger partial charge in [0.25, 0.3) is 0 Å².